The number of benzene rings is 3. The normalized spacial score (nSPS) is 12.1. The molecule has 3 aromatic carbocycles. The van der Waals surface area contributed by atoms with Crippen molar-refractivity contribution < 1.29 is 13.6 Å². The van der Waals surface area contributed by atoms with Crippen LogP contribution >= 0.6 is 7.60 Å². The van der Waals surface area contributed by atoms with Gasteiger partial charge in [-0.2, -0.15) is 0 Å². The molecule has 0 radical (unpaired) electrons. The first kappa shape index (κ1) is 22.3. The van der Waals surface area contributed by atoms with Gasteiger partial charge in [-0.05, 0) is 0 Å². The quantitative estimate of drug-likeness (QED) is 0.297. The minimum atomic E-state index is -3.43. The zero-order valence-corrected chi connectivity index (χ0v) is 20.9. The van der Waals surface area contributed by atoms with Gasteiger partial charge >= 0.3 is 179 Å². The molecule has 0 fully saturated rings. The fourth-order valence-corrected chi connectivity index (χ4v) is 22.8. The van der Waals surface area contributed by atoms with Gasteiger partial charge in [0.2, 0.25) is 0 Å². The van der Waals surface area contributed by atoms with Crippen molar-refractivity contribution in [1.29, 1.82) is 0 Å². The molecule has 0 unspecified atom stereocenters. The molecule has 0 saturated heterocycles. The number of hydrogen-bond acceptors (Lipinski definition) is 3. The molecule has 0 aliphatic rings. The molecular formula is C24H29O3PSn. The van der Waals surface area contributed by atoms with E-state index in [1.165, 1.54) is 10.7 Å². The van der Waals surface area contributed by atoms with E-state index in [4.69, 9.17) is 9.05 Å². The van der Waals surface area contributed by atoms with Gasteiger partial charge in [-0.25, -0.2) is 0 Å². The Bertz CT molecular complexity index is 810. The molecule has 0 aliphatic carbocycles. The zero-order valence-electron chi connectivity index (χ0n) is 17.2. The summed E-state index contributed by atoms with van der Waals surface area (Å²) in [6, 6.07) is 32.3. The second-order valence-electron chi connectivity index (χ2n) is 6.92. The average molecular weight is 515 g/mol. The number of hydrogen-bond donors (Lipinski definition) is 0. The molecule has 0 spiro atoms. The van der Waals surface area contributed by atoms with Gasteiger partial charge in [-0.15, -0.1) is 0 Å². The summed E-state index contributed by atoms with van der Waals surface area (Å²) in [7, 11) is -3.12. The first-order valence-electron chi connectivity index (χ1n) is 10.2. The monoisotopic (exact) mass is 516 g/mol. The van der Waals surface area contributed by atoms with E-state index in [9.17, 15) is 4.57 Å². The Morgan fingerprint density at radius 3 is 1.31 bits per heavy atom. The standard InChI is InChI=1S/C6H14O3P.3C6H5.Sn/c1-4-8-10(7,6-3)9-5-2;3*1-2-4-6-5-3-1;/h3-6H2,1-2H3;3*1-5H;. The van der Waals surface area contributed by atoms with Crippen LogP contribution in [-0.2, 0) is 13.6 Å². The Kier molecular flexibility index (Phi) is 8.14. The van der Waals surface area contributed by atoms with Gasteiger partial charge in [0, 0.05) is 0 Å². The van der Waals surface area contributed by atoms with Gasteiger partial charge in [0.1, 0.15) is 0 Å². The molecule has 0 heterocycles. The van der Waals surface area contributed by atoms with E-state index in [2.05, 4.69) is 91.0 Å². The van der Waals surface area contributed by atoms with E-state index in [-0.39, 0.29) is 0 Å². The summed E-state index contributed by atoms with van der Waals surface area (Å²) in [5.41, 5.74) is 0. The maximum atomic E-state index is 13.3. The molecule has 5 heteroatoms. The Balaban J connectivity index is 2.16. The van der Waals surface area contributed by atoms with Crippen molar-refractivity contribution in [2.45, 2.75) is 18.3 Å². The summed E-state index contributed by atoms with van der Waals surface area (Å²) in [5, 5.41) is 0. The van der Waals surface area contributed by atoms with Gasteiger partial charge in [-0.3, -0.25) is 0 Å². The zero-order chi connectivity index (χ0) is 20.6. The van der Waals surface area contributed by atoms with Crippen LogP contribution in [0.4, 0.5) is 0 Å². The predicted octanol–water partition coefficient (Wildman–Crippen LogP) is 4.42. The molecule has 0 amide bonds. The van der Waals surface area contributed by atoms with Crippen molar-refractivity contribution in [3.05, 3.63) is 91.0 Å². The van der Waals surface area contributed by atoms with E-state index in [0.29, 0.717) is 19.4 Å². The van der Waals surface area contributed by atoms with Crippen LogP contribution < -0.4 is 10.7 Å². The Morgan fingerprint density at radius 1 is 0.655 bits per heavy atom. The third-order valence-electron chi connectivity index (χ3n) is 5.21. The van der Waals surface area contributed by atoms with Crippen molar-refractivity contribution in [3.63, 3.8) is 0 Å². The molecule has 0 saturated carbocycles. The molecule has 0 bridgehead atoms. The first-order valence-corrected chi connectivity index (χ1v) is 18.2. The van der Waals surface area contributed by atoms with Crippen molar-refractivity contribution >= 4 is 36.7 Å². The fourth-order valence-electron chi connectivity index (χ4n) is 3.97. The molecule has 3 rings (SSSR count). The number of rotatable bonds is 10. The van der Waals surface area contributed by atoms with Gasteiger partial charge in [0.05, 0.1) is 0 Å². The molecule has 3 nitrogen and oxygen atoms in total. The second-order valence-corrected chi connectivity index (χ2v) is 20.6. The molecule has 0 atom stereocenters. The Hall–Kier alpha value is -1.39. The Morgan fingerprint density at radius 2 is 1.00 bits per heavy atom. The molecule has 152 valence electrons. The van der Waals surface area contributed by atoms with Crippen LogP contribution in [0.5, 0.6) is 0 Å². The van der Waals surface area contributed by atoms with E-state index in [1.54, 1.807) is 0 Å². The van der Waals surface area contributed by atoms with Crippen molar-refractivity contribution in [3.8, 4) is 0 Å². The fraction of sp³-hybridized carbons (Fsp3) is 0.250. The summed E-state index contributed by atoms with van der Waals surface area (Å²) in [5.74, 6) is 0. The predicted molar refractivity (Wildman–Crippen MR) is 125 cm³/mol. The Labute approximate surface area is 178 Å². The van der Waals surface area contributed by atoms with Gasteiger partial charge in [0.25, 0.3) is 0 Å². The summed E-state index contributed by atoms with van der Waals surface area (Å²) < 4.78 is 29.6. The van der Waals surface area contributed by atoms with Crippen LogP contribution in [0.25, 0.3) is 0 Å². The third-order valence-corrected chi connectivity index (χ3v) is 22.6. The van der Waals surface area contributed by atoms with Gasteiger partial charge in [0.15, 0.2) is 0 Å². The molecule has 0 aliphatic heterocycles. The molecule has 29 heavy (non-hydrogen) atoms. The van der Waals surface area contributed by atoms with Crippen LogP contribution in [0.2, 0.25) is 4.44 Å². The van der Waals surface area contributed by atoms with Gasteiger partial charge in [-0.1, -0.05) is 0 Å². The van der Waals surface area contributed by atoms with E-state index in [0.717, 1.165) is 4.44 Å². The van der Waals surface area contributed by atoms with Crippen LogP contribution in [-0.4, -0.2) is 37.8 Å². The average Bonchev–Trinajstić information content (AvgIpc) is 2.77. The molecular weight excluding hydrogens is 486 g/mol. The summed E-state index contributed by atoms with van der Waals surface area (Å²) in [4.78, 5) is 0. The van der Waals surface area contributed by atoms with Crippen molar-refractivity contribution in [1.82, 2.24) is 0 Å². The topological polar surface area (TPSA) is 35.5 Å². The van der Waals surface area contributed by atoms with E-state index >= 15 is 0 Å². The minimum absolute atomic E-state index is 0.391. The first-order chi connectivity index (χ1) is 14.1. The van der Waals surface area contributed by atoms with Crippen LogP contribution in [0.15, 0.2) is 91.0 Å². The second kappa shape index (κ2) is 10.6. The third kappa shape index (κ3) is 5.21. The summed E-state index contributed by atoms with van der Waals surface area (Å²) in [6.07, 6.45) is 0.434. The maximum absolute atomic E-state index is 13.3. The SMILES string of the molecule is CCOP(=O)(C[CH2][Sn]([c]1ccccc1)([c]1ccccc1)[c]1ccccc1)OCC. The van der Waals surface area contributed by atoms with E-state index < -0.39 is 26.0 Å². The van der Waals surface area contributed by atoms with Crippen molar-refractivity contribution in [2.24, 2.45) is 0 Å². The summed E-state index contributed by atoms with van der Waals surface area (Å²) >= 11 is -3.43. The molecule has 0 N–H and O–H groups in total. The summed E-state index contributed by atoms with van der Waals surface area (Å²) in [6.45, 7) is 4.52. The van der Waals surface area contributed by atoms with Crippen LogP contribution in [0.3, 0.4) is 0 Å². The molecule has 0 aromatic heterocycles. The van der Waals surface area contributed by atoms with Gasteiger partial charge < -0.3 is 0 Å². The van der Waals surface area contributed by atoms with Crippen LogP contribution in [0, 0.1) is 0 Å². The molecule has 3 aromatic rings. The van der Waals surface area contributed by atoms with Crippen molar-refractivity contribution in [2.75, 3.05) is 19.4 Å². The van der Waals surface area contributed by atoms with E-state index in [1.807, 2.05) is 13.8 Å². The van der Waals surface area contributed by atoms with Crippen LogP contribution in [0.1, 0.15) is 13.8 Å².